The fraction of sp³-hybridized carbons (Fsp3) is 0.538. The highest BCUT2D eigenvalue weighted by atomic mass is 35.5. The van der Waals surface area contributed by atoms with E-state index in [2.05, 4.69) is 48.3 Å². The van der Waals surface area contributed by atoms with Crippen molar-refractivity contribution in [2.45, 2.75) is 19.9 Å². The van der Waals surface area contributed by atoms with Crippen LogP contribution in [0.4, 0.5) is 0 Å². The van der Waals surface area contributed by atoms with Crippen LogP contribution in [0.15, 0.2) is 24.3 Å². The zero-order valence-electron chi connectivity index (χ0n) is 10.5. The van der Waals surface area contributed by atoms with E-state index in [-0.39, 0.29) is 24.8 Å². The van der Waals surface area contributed by atoms with E-state index >= 15 is 0 Å². The monoisotopic (exact) mass is 276 g/mol. The third kappa shape index (κ3) is 4.47. The van der Waals surface area contributed by atoms with Gasteiger partial charge in [-0.1, -0.05) is 29.8 Å². The summed E-state index contributed by atoms with van der Waals surface area (Å²) in [6, 6.07) is 9.46. The summed E-state index contributed by atoms with van der Waals surface area (Å²) in [4.78, 5) is 2.54. The van der Waals surface area contributed by atoms with Gasteiger partial charge in [0, 0.05) is 32.2 Å². The minimum atomic E-state index is 0. The van der Waals surface area contributed by atoms with E-state index in [4.69, 9.17) is 0 Å². The first kappa shape index (κ1) is 16.7. The number of aryl methyl sites for hydroxylation is 1. The minimum Gasteiger partial charge on any atom is -0.314 e. The van der Waals surface area contributed by atoms with Crippen molar-refractivity contribution in [1.82, 2.24) is 10.2 Å². The standard InChI is InChI=1S/C13H20N2.2ClH/c1-11-3-5-13(6-4-11)12(2)15-9-7-14-8-10-15;;/h3-6,12,14H,7-10H2,1-2H3;2*1H. The lowest BCUT2D eigenvalue weighted by Gasteiger charge is -2.33. The Labute approximate surface area is 117 Å². The Morgan fingerprint density at radius 3 is 2.12 bits per heavy atom. The van der Waals surface area contributed by atoms with E-state index in [1.165, 1.54) is 11.1 Å². The third-order valence-corrected chi connectivity index (χ3v) is 3.26. The molecule has 0 aliphatic carbocycles. The fourth-order valence-electron chi connectivity index (χ4n) is 2.13. The van der Waals surface area contributed by atoms with Crippen LogP contribution in [0.5, 0.6) is 0 Å². The lowest BCUT2D eigenvalue weighted by atomic mass is 10.0. The highest BCUT2D eigenvalue weighted by Crippen LogP contribution is 2.20. The lowest BCUT2D eigenvalue weighted by molar-refractivity contribution is 0.185. The maximum Gasteiger partial charge on any atom is 0.0320 e. The van der Waals surface area contributed by atoms with Crippen molar-refractivity contribution < 1.29 is 0 Å². The molecule has 0 saturated carbocycles. The molecule has 17 heavy (non-hydrogen) atoms. The molecular weight excluding hydrogens is 255 g/mol. The van der Waals surface area contributed by atoms with Crippen LogP contribution >= 0.6 is 24.8 Å². The van der Waals surface area contributed by atoms with E-state index in [0.29, 0.717) is 6.04 Å². The van der Waals surface area contributed by atoms with Crippen molar-refractivity contribution in [2.24, 2.45) is 0 Å². The molecule has 1 aromatic rings. The number of nitrogens with one attached hydrogen (secondary N) is 1. The van der Waals surface area contributed by atoms with Crippen LogP contribution in [0.3, 0.4) is 0 Å². The Balaban J connectivity index is 0.00000128. The van der Waals surface area contributed by atoms with Gasteiger partial charge in [-0.05, 0) is 19.4 Å². The maximum atomic E-state index is 3.39. The highest BCUT2D eigenvalue weighted by molar-refractivity contribution is 5.85. The molecular formula is C13H22Cl2N2. The van der Waals surface area contributed by atoms with Gasteiger partial charge in [-0.15, -0.1) is 24.8 Å². The van der Waals surface area contributed by atoms with E-state index in [1.807, 2.05) is 0 Å². The Hall–Kier alpha value is -0.280. The van der Waals surface area contributed by atoms with Gasteiger partial charge in [0.05, 0.1) is 0 Å². The van der Waals surface area contributed by atoms with Crippen LogP contribution in [0.25, 0.3) is 0 Å². The molecule has 1 fully saturated rings. The molecule has 1 atom stereocenters. The number of hydrogen-bond donors (Lipinski definition) is 1. The smallest absolute Gasteiger partial charge is 0.0320 e. The zero-order valence-corrected chi connectivity index (χ0v) is 12.1. The fourth-order valence-corrected chi connectivity index (χ4v) is 2.13. The average Bonchev–Trinajstić information content (AvgIpc) is 2.30. The van der Waals surface area contributed by atoms with Gasteiger partial charge in [-0.25, -0.2) is 0 Å². The van der Waals surface area contributed by atoms with E-state index in [0.717, 1.165) is 26.2 Å². The average molecular weight is 277 g/mol. The first-order valence-electron chi connectivity index (χ1n) is 5.79. The molecule has 2 rings (SSSR count). The van der Waals surface area contributed by atoms with Gasteiger partial charge in [0.25, 0.3) is 0 Å². The number of benzene rings is 1. The summed E-state index contributed by atoms with van der Waals surface area (Å²) in [5.41, 5.74) is 2.77. The predicted molar refractivity (Wildman–Crippen MR) is 78.5 cm³/mol. The summed E-state index contributed by atoms with van der Waals surface area (Å²) >= 11 is 0. The first-order chi connectivity index (χ1) is 7.27. The Kier molecular flexibility index (Phi) is 7.80. The van der Waals surface area contributed by atoms with Crippen LogP contribution < -0.4 is 5.32 Å². The van der Waals surface area contributed by atoms with Crippen LogP contribution in [0.2, 0.25) is 0 Å². The molecule has 0 aromatic heterocycles. The summed E-state index contributed by atoms with van der Waals surface area (Å²) in [6.07, 6.45) is 0. The van der Waals surface area contributed by atoms with Crippen molar-refractivity contribution >= 4 is 24.8 Å². The molecule has 1 unspecified atom stereocenters. The van der Waals surface area contributed by atoms with Gasteiger partial charge >= 0.3 is 0 Å². The number of hydrogen-bond acceptors (Lipinski definition) is 2. The van der Waals surface area contributed by atoms with E-state index in [1.54, 1.807) is 0 Å². The molecule has 0 amide bonds. The quantitative estimate of drug-likeness (QED) is 0.894. The Morgan fingerprint density at radius 1 is 1.06 bits per heavy atom. The summed E-state index contributed by atoms with van der Waals surface area (Å²) in [5, 5.41) is 3.39. The molecule has 1 heterocycles. The second-order valence-corrected chi connectivity index (χ2v) is 4.37. The van der Waals surface area contributed by atoms with Crippen LogP contribution in [-0.4, -0.2) is 31.1 Å². The molecule has 4 heteroatoms. The van der Waals surface area contributed by atoms with Gasteiger partial charge in [-0.2, -0.15) is 0 Å². The van der Waals surface area contributed by atoms with Crippen molar-refractivity contribution in [2.75, 3.05) is 26.2 Å². The van der Waals surface area contributed by atoms with Crippen molar-refractivity contribution in [3.63, 3.8) is 0 Å². The van der Waals surface area contributed by atoms with Gasteiger partial charge in [0.2, 0.25) is 0 Å². The number of nitrogens with zero attached hydrogens (tertiary/aromatic N) is 1. The predicted octanol–water partition coefficient (Wildman–Crippen LogP) is 2.80. The van der Waals surface area contributed by atoms with Crippen LogP contribution in [-0.2, 0) is 0 Å². The molecule has 0 radical (unpaired) electrons. The topological polar surface area (TPSA) is 15.3 Å². The summed E-state index contributed by atoms with van der Waals surface area (Å²) in [6.45, 7) is 9.01. The molecule has 98 valence electrons. The van der Waals surface area contributed by atoms with Crippen LogP contribution in [0.1, 0.15) is 24.1 Å². The largest absolute Gasteiger partial charge is 0.314 e. The van der Waals surface area contributed by atoms with Gasteiger partial charge in [0.15, 0.2) is 0 Å². The molecule has 0 spiro atoms. The van der Waals surface area contributed by atoms with Gasteiger partial charge < -0.3 is 5.32 Å². The third-order valence-electron chi connectivity index (χ3n) is 3.26. The SMILES string of the molecule is Cc1ccc(C(C)N2CCNCC2)cc1.Cl.Cl. The van der Waals surface area contributed by atoms with Crippen molar-refractivity contribution in [3.8, 4) is 0 Å². The van der Waals surface area contributed by atoms with E-state index in [9.17, 15) is 0 Å². The van der Waals surface area contributed by atoms with Gasteiger partial charge in [-0.3, -0.25) is 4.90 Å². The van der Waals surface area contributed by atoms with Crippen LogP contribution in [0, 0.1) is 6.92 Å². The van der Waals surface area contributed by atoms with Crippen molar-refractivity contribution in [1.29, 1.82) is 0 Å². The van der Waals surface area contributed by atoms with Crippen molar-refractivity contribution in [3.05, 3.63) is 35.4 Å². The minimum absolute atomic E-state index is 0. The maximum absolute atomic E-state index is 3.39. The van der Waals surface area contributed by atoms with E-state index < -0.39 is 0 Å². The number of halogens is 2. The number of rotatable bonds is 2. The molecule has 1 N–H and O–H groups in total. The zero-order chi connectivity index (χ0) is 10.7. The summed E-state index contributed by atoms with van der Waals surface area (Å²) in [5.74, 6) is 0. The second-order valence-electron chi connectivity index (χ2n) is 4.37. The molecule has 2 nitrogen and oxygen atoms in total. The molecule has 1 aliphatic rings. The summed E-state index contributed by atoms with van der Waals surface area (Å²) in [7, 11) is 0. The molecule has 0 bridgehead atoms. The molecule has 1 saturated heterocycles. The highest BCUT2D eigenvalue weighted by Gasteiger charge is 2.17. The molecule has 1 aliphatic heterocycles. The molecule has 1 aromatic carbocycles. The first-order valence-corrected chi connectivity index (χ1v) is 5.79. The normalized spacial score (nSPS) is 17.8. The summed E-state index contributed by atoms with van der Waals surface area (Å²) < 4.78 is 0. The lowest BCUT2D eigenvalue weighted by Crippen LogP contribution is -2.44. The Morgan fingerprint density at radius 2 is 1.59 bits per heavy atom. The Bertz CT molecular complexity index is 308. The number of piperazine rings is 1. The second kappa shape index (κ2) is 7.93. The van der Waals surface area contributed by atoms with Gasteiger partial charge in [0.1, 0.15) is 0 Å².